The third kappa shape index (κ3) is 7.68. The number of unbranched alkanes of at least 4 members (excludes halogenated alkanes) is 2. The molecule has 0 radical (unpaired) electrons. The lowest BCUT2D eigenvalue weighted by Crippen LogP contribution is -2.25. The highest BCUT2D eigenvalue weighted by Gasteiger charge is 2.10. The molecule has 0 aliphatic rings. The Bertz CT molecular complexity index is 419. The summed E-state index contributed by atoms with van der Waals surface area (Å²) in [5.74, 6) is 0.384. The van der Waals surface area contributed by atoms with Crippen molar-refractivity contribution in [2.75, 3.05) is 19.8 Å². The van der Waals surface area contributed by atoms with Crippen molar-refractivity contribution < 1.29 is 24.5 Å². The van der Waals surface area contributed by atoms with Crippen molar-refractivity contribution in [1.29, 1.82) is 0 Å². The maximum Gasteiger partial charge on any atom is 0.305 e. The maximum absolute atomic E-state index is 11.4. The number of benzene rings is 1. The van der Waals surface area contributed by atoms with Gasteiger partial charge in [-0.15, -0.1) is 0 Å². The van der Waals surface area contributed by atoms with E-state index in [0.29, 0.717) is 25.0 Å². The molecule has 2 N–H and O–H groups in total. The number of aliphatic hydroxyl groups is 2. The molecule has 1 aromatic carbocycles. The number of carbonyl (C=O) groups is 1. The number of rotatable bonds is 10. The van der Waals surface area contributed by atoms with E-state index in [2.05, 4.69) is 0 Å². The smallest absolute Gasteiger partial charge is 0.305 e. The summed E-state index contributed by atoms with van der Waals surface area (Å²) in [6.07, 6.45) is 1.65. The first-order valence-corrected chi connectivity index (χ1v) is 7.26. The maximum atomic E-state index is 11.4. The molecule has 0 saturated heterocycles. The van der Waals surface area contributed by atoms with Crippen LogP contribution < -0.4 is 4.74 Å². The normalized spacial score (nSPS) is 12.0. The molecule has 21 heavy (non-hydrogen) atoms. The van der Waals surface area contributed by atoms with Gasteiger partial charge in [-0.2, -0.15) is 0 Å². The molecule has 0 saturated carbocycles. The minimum atomic E-state index is -0.842. The molecule has 1 atom stereocenters. The van der Waals surface area contributed by atoms with Crippen LogP contribution in [0.5, 0.6) is 5.75 Å². The predicted molar refractivity (Wildman–Crippen MR) is 79.2 cm³/mol. The topological polar surface area (TPSA) is 76.0 Å². The van der Waals surface area contributed by atoms with Gasteiger partial charge in [0.25, 0.3) is 0 Å². The standard InChI is InChI=1S/C16H24O5/c1-13-7-4-5-8-15(13)20-11-14(18)12-21-16(19)9-3-2-6-10-17/h4-5,7-8,14,17-18H,2-3,6,9-12H2,1H3. The predicted octanol–water partition coefficient (Wildman–Crippen LogP) is 1.83. The Morgan fingerprint density at radius 2 is 1.95 bits per heavy atom. The number of aliphatic hydroxyl groups excluding tert-OH is 2. The Labute approximate surface area is 125 Å². The molecule has 1 rings (SSSR count). The van der Waals surface area contributed by atoms with E-state index < -0.39 is 6.10 Å². The molecule has 5 nitrogen and oxygen atoms in total. The van der Waals surface area contributed by atoms with Crippen LogP contribution >= 0.6 is 0 Å². The quantitative estimate of drug-likeness (QED) is 0.509. The van der Waals surface area contributed by atoms with Crippen molar-refractivity contribution in [1.82, 2.24) is 0 Å². The van der Waals surface area contributed by atoms with Crippen molar-refractivity contribution in [2.24, 2.45) is 0 Å². The zero-order chi connectivity index (χ0) is 15.5. The Morgan fingerprint density at radius 1 is 1.19 bits per heavy atom. The minimum absolute atomic E-state index is 0.0648. The zero-order valence-electron chi connectivity index (χ0n) is 12.5. The molecular weight excluding hydrogens is 272 g/mol. The van der Waals surface area contributed by atoms with E-state index >= 15 is 0 Å². The summed E-state index contributed by atoms with van der Waals surface area (Å²) in [5, 5.41) is 18.3. The second kappa shape index (κ2) is 10.2. The summed E-state index contributed by atoms with van der Waals surface area (Å²) in [5.41, 5.74) is 0.991. The highest BCUT2D eigenvalue weighted by molar-refractivity contribution is 5.69. The van der Waals surface area contributed by atoms with E-state index in [4.69, 9.17) is 14.6 Å². The van der Waals surface area contributed by atoms with E-state index in [-0.39, 0.29) is 25.8 Å². The minimum Gasteiger partial charge on any atom is -0.490 e. The third-order valence-electron chi connectivity index (χ3n) is 3.00. The van der Waals surface area contributed by atoms with E-state index in [9.17, 15) is 9.90 Å². The van der Waals surface area contributed by atoms with Crippen molar-refractivity contribution in [2.45, 2.75) is 38.7 Å². The fourth-order valence-corrected chi connectivity index (χ4v) is 1.77. The molecule has 1 unspecified atom stereocenters. The van der Waals surface area contributed by atoms with E-state index in [1.807, 2.05) is 31.2 Å². The van der Waals surface area contributed by atoms with Gasteiger partial charge in [0.1, 0.15) is 25.1 Å². The summed E-state index contributed by atoms with van der Waals surface area (Å²) in [7, 11) is 0. The molecule has 0 aliphatic carbocycles. The van der Waals surface area contributed by atoms with Crippen molar-refractivity contribution >= 4 is 5.97 Å². The Hall–Kier alpha value is -1.59. The molecule has 0 fully saturated rings. The highest BCUT2D eigenvalue weighted by atomic mass is 16.5. The van der Waals surface area contributed by atoms with Gasteiger partial charge < -0.3 is 19.7 Å². The van der Waals surface area contributed by atoms with Crippen LogP contribution in [-0.2, 0) is 9.53 Å². The van der Waals surface area contributed by atoms with Crippen LogP contribution in [-0.4, -0.2) is 42.1 Å². The molecule has 0 amide bonds. The molecular formula is C16H24O5. The van der Waals surface area contributed by atoms with Crippen LogP contribution in [0.2, 0.25) is 0 Å². The lowest BCUT2D eigenvalue weighted by atomic mass is 10.2. The molecule has 0 aromatic heterocycles. The van der Waals surface area contributed by atoms with Gasteiger partial charge in [-0.1, -0.05) is 24.6 Å². The average Bonchev–Trinajstić information content (AvgIpc) is 2.48. The molecule has 5 heteroatoms. The molecule has 0 spiro atoms. The fraction of sp³-hybridized carbons (Fsp3) is 0.562. The van der Waals surface area contributed by atoms with Crippen LogP contribution in [0.4, 0.5) is 0 Å². The fourth-order valence-electron chi connectivity index (χ4n) is 1.77. The number of aryl methyl sites for hydroxylation is 1. The molecule has 0 heterocycles. The summed E-state index contributed by atoms with van der Waals surface area (Å²) in [6, 6.07) is 7.53. The van der Waals surface area contributed by atoms with Crippen LogP contribution in [0.25, 0.3) is 0 Å². The van der Waals surface area contributed by atoms with Gasteiger partial charge in [-0.25, -0.2) is 0 Å². The van der Waals surface area contributed by atoms with Gasteiger partial charge in [-0.3, -0.25) is 4.79 Å². The number of hydrogen-bond donors (Lipinski definition) is 2. The van der Waals surface area contributed by atoms with Crippen LogP contribution in [0, 0.1) is 6.92 Å². The first kappa shape index (κ1) is 17.5. The molecule has 1 aromatic rings. The number of ether oxygens (including phenoxy) is 2. The lowest BCUT2D eigenvalue weighted by Gasteiger charge is -2.14. The first-order chi connectivity index (χ1) is 10.1. The number of hydrogen-bond acceptors (Lipinski definition) is 5. The van der Waals surface area contributed by atoms with Gasteiger partial charge >= 0.3 is 5.97 Å². The van der Waals surface area contributed by atoms with Crippen LogP contribution in [0.15, 0.2) is 24.3 Å². The van der Waals surface area contributed by atoms with Crippen LogP contribution in [0.1, 0.15) is 31.2 Å². The summed E-state index contributed by atoms with van der Waals surface area (Å²) in [6.45, 7) is 2.09. The largest absolute Gasteiger partial charge is 0.490 e. The zero-order valence-corrected chi connectivity index (χ0v) is 12.5. The summed E-state index contributed by atoms with van der Waals surface area (Å²) in [4.78, 5) is 11.4. The molecule has 0 bridgehead atoms. The SMILES string of the molecule is Cc1ccccc1OCC(O)COC(=O)CCCCCO. The number of carbonyl (C=O) groups excluding carboxylic acids is 1. The van der Waals surface area contributed by atoms with E-state index in [0.717, 1.165) is 12.0 Å². The average molecular weight is 296 g/mol. The lowest BCUT2D eigenvalue weighted by molar-refractivity contribution is -0.147. The summed E-state index contributed by atoms with van der Waals surface area (Å²) >= 11 is 0. The number of para-hydroxylation sites is 1. The Morgan fingerprint density at radius 3 is 2.67 bits per heavy atom. The second-order valence-electron chi connectivity index (χ2n) is 4.95. The van der Waals surface area contributed by atoms with E-state index in [1.165, 1.54) is 0 Å². The van der Waals surface area contributed by atoms with Gasteiger partial charge in [0.05, 0.1) is 0 Å². The van der Waals surface area contributed by atoms with Crippen molar-refractivity contribution in [3.8, 4) is 5.75 Å². The monoisotopic (exact) mass is 296 g/mol. The van der Waals surface area contributed by atoms with E-state index in [1.54, 1.807) is 0 Å². The summed E-state index contributed by atoms with van der Waals surface area (Å²) < 4.78 is 10.4. The Balaban J connectivity index is 2.15. The third-order valence-corrected chi connectivity index (χ3v) is 3.00. The van der Waals surface area contributed by atoms with Crippen molar-refractivity contribution in [3.63, 3.8) is 0 Å². The molecule has 0 aliphatic heterocycles. The van der Waals surface area contributed by atoms with Gasteiger partial charge in [0, 0.05) is 13.0 Å². The molecule has 118 valence electrons. The highest BCUT2D eigenvalue weighted by Crippen LogP contribution is 2.16. The van der Waals surface area contributed by atoms with Gasteiger partial charge in [0.15, 0.2) is 0 Å². The van der Waals surface area contributed by atoms with Gasteiger partial charge in [0.2, 0.25) is 0 Å². The second-order valence-corrected chi connectivity index (χ2v) is 4.95. The Kier molecular flexibility index (Phi) is 8.47. The van der Waals surface area contributed by atoms with Crippen molar-refractivity contribution in [3.05, 3.63) is 29.8 Å². The number of esters is 1. The first-order valence-electron chi connectivity index (χ1n) is 7.26. The van der Waals surface area contributed by atoms with Crippen LogP contribution in [0.3, 0.4) is 0 Å². The van der Waals surface area contributed by atoms with Gasteiger partial charge in [-0.05, 0) is 31.4 Å².